The summed E-state index contributed by atoms with van der Waals surface area (Å²) in [6.45, 7) is 1.18. The van der Waals surface area contributed by atoms with Crippen molar-refractivity contribution >= 4 is 17.5 Å². The van der Waals surface area contributed by atoms with Crippen molar-refractivity contribution in [2.75, 3.05) is 20.1 Å². The smallest absolute Gasteiger partial charge is 0.259 e. The molecule has 2 aliphatic heterocycles. The topological polar surface area (TPSA) is 109 Å². The van der Waals surface area contributed by atoms with Crippen LogP contribution >= 0.6 is 0 Å². The van der Waals surface area contributed by atoms with Gasteiger partial charge in [-0.2, -0.15) is 0 Å². The first-order valence-electron chi connectivity index (χ1n) is 7.55. The molecule has 0 aliphatic carbocycles. The van der Waals surface area contributed by atoms with Gasteiger partial charge in [-0.15, -0.1) is 0 Å². The zero-order valence-corrected chi connectivity index (χ0v) is 13.1. The van der Waals surface area contributed by atoms with E-state index >= 15 is 0 Å². The highest BCUT2D eigenvalue weighted by molar-refractivity contribution is 6.12. The molecule has 0 radical (unpaired) electrons. The summed E-state index contributed by atoms with van der Waals surface area (Å²) in [5.41, 5.74) is 8.73. The number of fused-ring (bicyclic) bond motifs is 3. The van der Waals surface area contributed by atoms with E-state index in [1.807, 2.05) is 4.57 Å². The summed E-state index contributed by atoms with van der Waals surface area (Å²) in [5, 5.41) is 10.1. The minimum absolute atomic E-state index is 0.0471. The second-order valence-corrected chi connectivity index (χ2v) is 5.76. The molecule has 3 heterocycles. The molecule has 2 aliphatic rings. The number of aromatic hydroxyl groups is 1. The number of phenolic OH excluding ortho intramolecular Hbond substituents is 1. The second-order valence-electron chi connectivity index (χ2n) is 5.76. The first-order valence-corrected chi connectivity index (χ1v) is 7.55. The van der Waals surface area contributed by atoms with Gasteiger partial charge < -0.3 is 15.7 Å². The Bertz CT molecular complexity index is 911. The predicted molar refractivity (Wildman–Crippen MR) is 88.9 cm³/mol. The van der Waals surface area contributed by atoms with Crippen molar-refractivity contribution in [2.45, 2.75) is 6.54 Å². The van der Waals surface area contributed by atoms with Crippen LogP contribution < -0.4 is 5.73 Å². The maximum Gasteiger partial charge on any atom is 0.259 e. The van der Waals surface area contributed by atoms with Gasteiger partial charge in [0, 0.05) is 13.6 Å². The molecule has 4 rings (SSSR count). The van der Waals surface area contributed by atoms with Gasteiger partial charge in [0.2, 0.25) is 0 Å². The minimum Gasteiger partial charge on any atom is -0.507 e. The van der Waals surface area contributed by atoms with E-state index in [9.17, 15) is 9.90 Å². The third-order valence-corrected chi connectivity index (χ3v) is 4.22. The number of phenols is 1. The fourth-order valence-corrected chi connectivity index (χ4v) is 2.98. The zero-order valence-electron chi connectivity index (χ0n) is 13.1. The molecule has 0 unspecified atom stereocenters. The van der Waals surface area contributed by atoms with Crippen LogP contribution in [0, 0.1) is 0 Å². The lowest BCUT2D eigenvalue weighted by molar-refractivity contribution is 0.0785. The quantitative estimate of drug-likeness (QED) is 0.829. The lowest BCUT2D eigenvalue weighted by atomic mass is 10.1. The number of carbonyl (C=O) groups excluding carboxylic acids is 1. The lowest BCUT2D eigenvalue weighted by Crippen LogP contribution is -2.25. The highest BCUT2D eigenvalue weighted by Gasteiger charge is 2.30. The highest BCUT2D eigenvalue weighted by atomic mass is 16.3. The monoisotopic (exact) mass is 324 g/mol. The van der Waals surface area contributed by atoms with Crippen molar-refractivity contribution in [1.29, 1.82) is 0 Å². The molecule has 1 aromatic carbocycles. The molecule has 8 heteroatoms. The molecule has 1 amide bonds. The van der Waals surface area contributed by atoms with Gasteiger partial charge in [-0.1, -0.05) is 6.07 Å². The van der Waals surface area contributed by atoms with Crippen LogP contribution in [0.15, 0.2) is 34.5 Å². The maximum absolute atomic E-state index is 12.6. The summed E-state index contributed by atoms with van der Waals surface area (Å²) in [5.74, 6) is 0.250. The van der Waals surface area contributed by atoms with Gasteiger partial charge in [-0.05, 0) is 12.1 Å². The van der Waals surface area contributed by atoms with E-state index in [-0.39, 0.29) is 17.2 Å². The SMILES string of the molecule is CN1Cc2c(C3=NCC(CN)=N3)ncn2-c2cccc(O)c2C1=O. The van der Waals surface area contributed by atoms with Crippen molar-refractivity contribution < 1.29 is 9.90 Å². The van der Waals surface area contributed by atoms with Crippen LogP contribution in [0.25, 0.3) is 5.69 Å². The molecule has 1 aromatic heterocycles. The van der Waals surface area contributed by atoms with Gasteiger partial charge in [-0.25, -0.2) is 9.98 Å². The molecule has 3 N–H and O–H groups in total. The summed E-state index contributed by atoms with van der Waals surface area (Å²) in [6.07, 6.45) is 1.63. The Morgan fingerprint density at radius 1 is 1.38 bits per heavy atom. The summed E-state index contributed by atoms with van der Waals surface area (Å²) in [4.78, 5) is 27.4. The van der Waals surface area contributed by atoms with E-state index in [0.29, 0.717) is 36.9 Å². The fraction of sp³-hybridized carbons (Fsp3) is 0.250. The number of amides is 1. The van der Waals surface area contributed by atoms with Crippen molar-refractivity contribution in [3.05, 3.63) is 41.5 Å². The molecule has 8 nitrogen and oxygen atoms in total. The second kappa shape index (κ2) is 5.27. The summed E-state index contributed by atoms with van der Waals surface area (Å²) < 4.78 is 1.81. The van der Waals surface area contributed by atoms with E-state index in [0.717, 1.165) is 11.4 Å². The predicted octanol–water partition coefficient (Wildman–Crippen LogP) is 0.323. The number of nitrogens with zero attached hydrogens (tertiary/aromatic N) is 5. The Balaban J connectivity index is 1.91. The molecule has 0 bridgehead atoms. The van der Waals surface area contributed by atoms with Gasteiger partial charge in [0.05, 0.1) is 30.2 Å². The highest BCUT2D eigenvalue weighted by Crippen LogP contribution is 2.31. The van der Waals surface area contributed by atoms with Crippen molar-refractivity contribution in [3.8, 4) is 11.4 Å². The number of rotatable bonds is 2. The number of aliphatic imine (C=N–C) groups is 2. The molecule has 0 saturated carbocycles. The standard InChI is InChI=1S/C16H16N6O2/c1-21-7-11-14(15-18-6-9(5-17)20-15)19-8-22(11)10-3-2-4-12(23)13(10)16(21)24/h2-4,8,23H,5-7,17H2,1H3. The molecule has 0 saturated heterocycles. The Hall–Kier alpha value is -3.00. The van der Waals surface area contributed by atoms with Gasteiger partial charge in [-0.3, -0.25) is 14.4 Å². The van der Waals surface area contributed by atoms with Crippen molar-refractivity contribution in [1.82, 2.24) is 14.5 Å². The first kappa shape index (κ1) is 14.6. The fourth-order valence-electron chi connectivity index (χ4n) is 2.98. The van der Waals surface area contributed by atoms with Gasteiger partial charge in [0.25, 0.3) is 5.91 Å². The Labute approximate surface area is 138 Å². The number of amidine groups is 1. The van der Waals surface area contributed by atoms with E-state index in [1.165, 1.54) is 6.07 Å². The Morgan fingerprint density at radius 2 is 2.21 bits per heavy atom. The van der Waals surface area contributed by atoms with Crippen LogP contribution in [0.5, 0.6) is 5.75 Å². The van der Waals surface area contributed by atoms with E-state index in [1.54, 1.807) is 30.4 Å². The number of nitrogens with two attached hydrogens (primary N) is 1. The number of benzene rings is 1. The molecular formula is C16H16N6O2. The largest absolute Gasteiger partial charge is 0.507 e. The lowest BCUT2D eigenvalue weighted by Gasteiger charge is -2.14. The Morgan fingerprint density at radius 3 is 2.96 bits per heavy atom. The molecular weight excluding hydrogens is 308 g/mol. The van der Waals surface area contributed by atoms with Crippen LogP contribution in [0.2, 0.25) is 0 Å². The van der Waals surface area contributed by atoms with Crippen LogP contribution in [-0.2, 0) is 6.54 Å². The number of carbonyl (C=O) groups is 1. The molecule has 0 atom stereocenters. The van der Waals surface area contributed by atoms with Crippen LogP contribution in [0.1, 0.15) is 21.7 Å². The van der Waals surface area contributed by atoms with Gasteiger partial charge >= 0.3 is 0 Å². The number of hydrogen-bond acceptors (Lipinski definition) is 6. The van der Waals surface area contributed by atoms with Gasteiger partial charge in [0.15, 0.2) is 5.84 Å². The van der Waals surface area contributed by atoms with Crippen LogP contribution in [-0.4, -0.2) is 57.1 Å². The molecule has 122 valence electrons. The van der Waals surface area contributed by atoms with E-state index in [4.69, 9.17) is 5.73 Å². The third kappa shape index (κ3) is 2.04. The normalized spacial score (nSPS) is 16.4. The van der Waals surface area contributed by atoms with Crippen molar-refractivity contribution in [3.63, 3.8) is 0 Å². The number of imidazole rings is 1. The van der Waals surface area contributed by atoms with Gasteiger partial charge in [0.1, 0.15) is 23.3 Å². The average Bonchev–Trinajstić information content (AvgIpc) is 3.18. The number of aromatic nitrogens is 2. The first-order chi connectivity index (χ1) is 11.6. The molecule has 0 spiro atoms. The van der Waals surface area contributed by atoms with Crippen molar-refractivity contribution in [2.24, 2.45) is 15.7 Å². The third-order valence-electron chi connectivity index (χ3n) is 4.22. The Kier molecular flexibility index (Phi) is 3.20. The van der Waals surface area contributed by atoms with Crippen LogP contribution in [0.3, 0.4) is 0 Å². The van der Waals surface area contributed by atoms with E-state index < -0.39 is 0 Å². The molecule has 2 aromatic rings. The number of hydrogen-bond donors (Lipinski definition) is 2. The van der Waals surface area contributed by atoms with Crippen LogP contribution in [0.4, 0.5) is 0 Å². The summed E-state index contributed by atoms with van der Waals surface area (Å²) in [6, 6.07) is 4.99. The maximum atomic E-state index is 12.6. The zero-order chi connectivity index (χ0) is 16.8. The average molecular weight is 324 g/mol. The minimum atomic E-state index is -0.239. The molecule has 0 fully saturated rings. The summed E-state index contributed by atoms with van der Waals surface area (Å²) in [7, 11) is 1.69. The molecule has 24 heavy (non-hydrogen) atoms. The summed E-state index contributed by atoms with van der Waals surface area (Å²) >= 11 is 0. The van der Waals surface area contributed by atoms with E-state index in [2.05, 4.69) is 15.0 Å².